The lowest BCUT2D eigenvalue weighted by Crippen LogP contribution is -2.44. The Kier molecular flexibility index (Phi) is 9.09. The van der Waals surface area contributed by atoms with Crippen molar-refractivity contribution in [3.63, 3.8) is 0 Å². The number of nitrogens with one attached hydrogen (secondary N) is 1. The maximum atomic E-state index is 11.9. The molecule has 0 bridgehead atoms. The van der Waals surface area contributed by atoms with E-state index in [2.05, 4.69) is 5.32 Å². The van der Waals surface area contributed by atoms with Crippen LogP contribution in [0.5, 0.6) is 0 Å². The molecule has 1 saturated heterocycles. The van der Waals surface area contributed by atoms with Crippen LogP contribution in [0, 0.1) is 0 Å². The second-order valence-corrected chi connectivity index (χ2v) is 6.99. The number of ether oxygens (including phenoxy) is 2. The second kappa shape index (κ2) is 9.98. The van der Waals surface area contributed by atoms with Crippen LogP contribution in [0.4, 0.5) is 0 Å². The number of amides is 1. The van der Waals surface area contributed by atoms with Crippen LogP contribution in [0.25, 0.3) is 0 Å². The molecule has 3 N–H and O–H groups in total. The molecule has 0 aromatic carbocycles. The van der Waals surface area contributed by atoms with Crippen molar-refractivity contribution in [3.05, 3.63) is 0 Å². The highest BCUT2D eigenvalue weighted by Gasteiger charge is 2.41. The van der Waals surface area contributed by atoms with Crippen molar-refractivity contribution in [3.8, 4) is 0 Å². The van der Waals surface area contributed by atoms with Gasteiger partial charge in [-0.3, -0.25) is 4.79 Å². The Balaban J connectivity index is 0.00000242. The van der Waals surface area contributed by atoms with Gasteiger partial charge in [-0.2, -0.15) is 11.8 Å². The molecule has 0 aromatic rings. The summed E-state index contributed by atoms with van der Waals surface area (Å²) in [5.74, 6) is 0.433. The van der Waals surface area contributed by atoms with Gasteiger partial charge < -0.3 is 20.5 Å². The molecule has 2 unspecified atom stereocenters. The first-order valence-corrected chi connectivity index (χ1v) is 9.38. The number of halogens is 1. The van der Waals surface area contributed by atoms with E-state index >= 15 is 0 Å². The Labute approximate surface area is 143 Å². The summed E-state index contributed by atoms with van der Waals surface area (Å²) in [6, 6.07) is -0.424. The van der Waals surface area contributed by atoms with Gasteiger partial charge >= 0.3 is 0 Å². The standard InChI is InChI=1S/C15H28N2O3S.ClH/c1-21-9-6-13(16)14(18)17-10-12-11-19-15(20-12)7-4-2-3-5-8-15;/h12-13H,2-11,16H2,1H3,(H,17,18);1H. The summed E-state index contributed by atoms with van der Waals surface area (Å²) in [5.41, 5.74) is 5.85. The SMILES string of the molecule is CSCCC(N)C(=O)NCC1COC2(CCCCCC2)O1.Cl. The molecule has 1 aliphatic heterocycles. The van der Waals surface area contributed by atoms with Gasteiger partial charge in [0, 0.05) is 19.4 Å². The summed E-state index contributed by atoms with van der Waals surface area (Å²) in [6.45, 7) is 1.06. The zero-order valence-corrected chi connectivity index (χ0v) is 15.0. The smallest absolute Gasteiger partial charge is 0.237 e. The highest BCUT2D eigenvalue weighted by molar-refractivity contribution is 7.98. The maximum Gasteiger partial charge on any atom is 0.237 e. The highest BCUT2D eigenvalue weighted by Crippen LogP contribution is 2.36. The normalized spacial score (nSPS) is 25.3. The van der Waals surface area contributed by atoms with Crippen molar-refractivity contribution < 1.29 is 14.3 Å². The van der Waals surface area contributed by atoms with E-state index in [0.717, 1.165) is 18.6 Å². The average Bonchev–Trinajstić information content (AvgIpc) is 2.74. The summed E-state index contributed by atoms with van der Waals surface area (Å²) < 4.78 is 12.0. The minimum atomic E-state index is -0.424. The van der Waals surface area contributed by atoms with E-state index in [1.807, 2.05) is 6.26 Å². The number of carbonyl (C=O) groups excluding carboxylic acids is 1. The van der Waals surface area contributed by atoms with Crippen LogP contribution in [0.3, 0.4) is 0 Å². The zero-order chi connectivity index (χ0) is 15.1. The van der Waals surface area contributed by atoms with Crippen molar-refractivity contribution in [2.24, 2.45) is 5.73 Å². The van der Waals surface area contributed by atoms with E-state index in [9.17, 15) is 4.79 Å². The minimum Gasteiger partial charge on any atom is -0.352 e. The summed E-state index contributed by atoms with van der Waals surface area (Å²) in [6.07, 6.45) is 9.49. The Morgan fingerprint density at radius 2 is 2.05 bits per heavy atom. The molecule has 1 saturated carbocycles. The summed E-state index contributed by atoms with van der Waals surface area (Å²) in [5, 5.41) is 2.89. The van der Waals surface area contributed by atoms with E-state index in [1.165, 1.54) is 25.7 Å². The number of hydrogen-bond donors (Lipinski definition) is 2. The van der Waals surface area contributed by atoms with Gasteiger partial charge in [0.1, 0.15) is 6.10 Å². The lowest BCUT2D eigenvalue weighted by atomic mass is 10.1. The van der Waals surface area contributed by atoms with Crippen LogP contribution < -0.4 is 11.1 Å². The third-order valence-corrected chi connectivity index (χ3v) is 4.90. The summed E-state index contributed by atoms with van der Waals surface area (Å²) in [7, 11) is 0. The molecule has 1 amide bonds. The number of thioether (sulfide) groups is 1. The van der Waals surface area contributed by atoms with Gasteiger partial charge in [-0.15, -0.1) is 12.4 Å². The fraction of sp³-hybridized carbons (Fsp3) is 0.933. The van der Waals surface area contributed by atoms with Crippen LogP contribution >= 0.6 is 24.2 Å². The minimum absolute atomic E-state index is 0. The van der Waals surface area contributed by atoms with E-state index in [0.29, 0.717) is 19.6 Å². The lowest BCUT2D eigenvalue weighted by Gasteiger charge is -2.26. The molecule has 0 radical (unpaired) electrons. The Bertz CT molecular complexity index is 339. The van der Waals surface area contributed by atoms with Crippen LogP contribution in [0.2, 0.25) is 0 Å². The van der Waals surface area contributed by atoms with Gasteiger partial charge in [0.25, 0.3) is 0 Å². The molecule has 130 valence electrons. The van der Waals surface area contributed by atoms with Crippen LogP contribution in [-0.4, -0.2) is 49.0 Å². The molecule has 1 aliphatic carbocycles. The number of rotatable bonds is 6. The van der Waals surface area contributed by atoms with E-state index in [4.69, 9.17) is 15.2 Å². The molecule has 2 fully saturated rings. The fourth-order valence-corrected chi connectivity index (χ4v) is 3.46. The monoisotopic (exact) mass is 352 g/mol. The first-order chi connectivity index (χ1) is 10.2. The zero-order valence-electron chi connectivity index (χ0n) is 13.3. The van der Waals surface area contributed by atoms with Crippen molar-refractivity contribution >= 4 is 30.1 Å². The molecule has 5 nitrogen and oxygen atoms in total. The molecular formula is C15H29ClN2O3S. The molecular weight excluding hydrogens is 324 g/mol. The van der Waals surface area contributed by atoms with Crippen molar-refractivity contribution in [1.82, 2.24) is 5.32 Å². The maximum absolute atomic E-state index is 11.9. The molecule has 22 heavy (non-hydrogen) atoms. The van der Waals surface area contributed by atoms with Gasteiger partial charge in [-0.05, 0) is 31.3 Å². The summed E-state index contributed by atoms with van der Waals surface area (Å²) >= 11 is 1.70. The number of nitrogens with two attached hydrogens (primary N) is 1. The first kappa shape index (κ1) is 20.0. The molecule has 1 heterocycles. The third kappa shape index (κ3) is 5.89. The first-order valence-electron chi connectivity index (χ1n) is 7.99. The van der Waals surface area contributed by atoms with Crippen molar-refractivity contribution in [2.75, 3.05) is 25.2 Å². The third-order valence-electron chi connectivity index (χ3n) is 4.25. The lowest BCUT2D eigenvalue weighted by molar-refractivity contribution is -0.175. The summed E-state index contributed by atoms with van der Waals surface area (Å²) in [4.78, 5) is 11.9. The largest absolute Gasteiger partial charge is 0.352 e. The molecule has 2 atom stereocenters. The van der Waals surface area contributed by atoms with Crippen LogP contribution in [0.15, 0.2) is 0 Å². The Morgan fingerprint density at radius 3 is 2.68 bits per heavy atom. The Hall–Kier alpha value is -0.0100. The topological polar surface area (TPSA) is 73.6 Å². The number of carbonyl (C=O) groups is 1. The van der Waals surface area contributed by atoms with Crippen molar-refractivity contribution in [2.45, 2.75) is 62.9 Å². The quantitative estimate of drug-likeness (QED) is 0.765. The van der Waals surface area contributed by atoms with E-state index in [1.54, 1.807) is 11.8 Å². The molecule has 0 aromatic heterocycles. The molecule has 2 rings (SSSR count). The predicted octanol–water partition coefficient (Wildman–Crippen LogP) is 2.07. The highest BCUT2D eigenvalue weighted by atomic mass is 35.5. The van der Waals surface area contributed by atoms with Crippen LogP contribution in [0.1, 0.15) is 44.9 Å². The molecule has 1 spiro atoms. The molecule has 7 heteroatoms. The average molecular weight is 353 g/mol. The van der Waals surface area contributed by atoms with Gasteiger partial charge in [-0.1, -0.05) is 12.8 Å². The van der Waals surface area contributed by atoms with Gasteiger partial charge in [0.05, 0.1) is 12.6 Å². The number of hydrogen-bond acceptors (Lipinski definition) is 5. The fourth-order valence-electron chi connectivity index (χ4n) is 2.97. The Morgan fingerprint density at radius 1 is 1.36 bits per heavy atom. The van der Waals surface area contributed by atoms with Gasteiger partial charge in [-0.25, -0.2) is 0 Å². The van der Waals surface area contributed by atoms with Crippen molar-refractivity contribution in [1.29, 1.82) is 0 Å². The predicted molar refractivity (Wildman–Crippen MR) is 92.5 cm³/mol. The van der Waals surface area contributed by atoms with Gasteiger partial charge in [0.2, 0.25) is 5.91 Å². The second-order valence-electron chi connectivity index (χ2n) is 6.01. The van der Waals surface area contributed by atoms with Crippen LogP contribution in [-0.2, 0) is 14.3 Å². The van der Waals surface area contributed by atoms with Gasteiger partial charge in [0.15, 0.2) is 5.79 Å². The van der Waals surface area contributed by atoms with E-state index < -0.39 is 6.04 Å². The van der Waals surface area contributed by atoms with E-state index in [-0.39, 0.29) is 30.2 Å². The molecule has 2 aliphatic rings.